The van der Waals surface area contributed by atoms with Gasteiger partial charge in [-0.3, -0.25) is 19.3 Å². The van der Waals surface area contributed by atoms with E-state index in [9.17, 15) is 9.59 Å². The molecule has 0 unspecified atom stereocenters. The van der Waals surface area contributed by atoms with Crippen molar-refractivity contribution < 1.29 is 4.79 Å². The van der Waals surface area contributed by atoms with Crippen LogP contribution >= 0.6 is 11.8 Å². The van der Waals surface area contributed by atoms with Gasteiger partial charge in [-0.15, -0.1) is 0 Å². The highest BCUT2D eigenvalue weighted by Crippen LogP contribution is 2.29. The van der Waals surface area contributed by atoms with E-state index in [4.69, 9.17) is 0 Å². The number of fused-ring (bicyclic) bond motifs is 1. The molecular formula is C20H19N5O2S. The number of hydrogen-bond acceptors (Lipinski definition) is 6. The molecule has 3 heterocycles. The predicted molar refractivity (Wildman–Crippen MR) is 107 cm³/mol. The van der Waals surface area contributed by atoms with E-state index in [1.54, 1.807) is 35.3 Å². The lowest BCUT2D eigenvalue weighted by Gasteiger charge is -2.14. The lowest BCUT2D eigenvalue weighted by molar-refractivity contribution is -0.113. The van der Waals surface area contributed by atoms with Gasteiger partial charge in [-0.1, -0.05) is 17.8 Å². The molecule has 0 aromatic carbocycles. The van der Waals surface area contributed by atoms with Crippen LogP contribution in [0.15, 0.2) is 58.7 Å². The van der Waals surface area contributed by atoms with Crippen molar-refractivity contribution in [1.82, 2.24) is 19.5 Å². The number of carbonyl (C=O) groups excluding carboxylic acids is 1. The molecule has 3 aromatic rings. The van der Waals surface area contributed by atoms with Crippen LogP contribution in [0.4, 0.5) is 5.69 Å². The van der Waals surface area contributed by atoms with Crippen LogP contribution in [0.25, 0.3) is 0 Å². The Labute approximate surface area is 166 Å². The van der Waals surface area contributed by atoms with Crippen LogP contribution in [0, 0.1) is 0 Å². The fraction of sp³-hybridized carbons (Fsp3) is 0.250. The zero-order valence-corrected chi connectivity index (χ0v) is 16.0. The Balaban J connectivity index is 1.51. The molecule has 0 atom stereocenters. The van der Waals surface area contributed by atoms with Crippen LogP contribution in [0.2, 0.25) is 0 Å². The minimum Gasteiger partial charge on any atom is -0.324 e. The minimum atomic E-state index is -0.290. The van der Waals surface area contributed by atoms with Gasteiger partial charge in [0.1, 0.15) is 5.03 Å². The number of nitrogens with zero attached hydrogens (tertiary/aromatic N) is 4. The van der Waals surface area contributed by atoms with Crippen molar-refractivity contribution >= 4 is 23.4 Å². The van der Waals surface area contributed by atoms with Crippen LogP contribution < -0.4 is 11.0 Å². The van der Waals surface area contributed by atoms with Crippen LogP contribution in [0.5, 0.6) is 0 Å². The largest absolute Gasteiger partial charge is 0.349 e. The summed E-state index contributed by atoms with van der Waals surface area (Å²) in [6.45, 7) is 0.418. The first kappa shape index (κ1) is 18.4. The van der Waals surface area contributed by atoms with Crippen molar-refractivity contribution in [2.45, 2.75) is 30.8 Å². The summed E-state index contributed by atoms with van der Waals surface area (Å²) in [4.78, 5) is 37.4. The molecule has 4 rings (SSSR count). The van der Waals surface area contributed by atoms with E-state index in [0.717, 1.165) is 36.2 Å². The Bertz CT molecular complexity index is 1040. The first-order valence-corrected chi connectivity index (χ1v) is 10.0. The molecule has 1 N–H and O–H groups in total. The van der Waals surface area contributed by atoms with Crippen LogP contribution in [0.3, 0.4) is 0 Å². The van der Waals surface area contributed by atoms with E-state index in [0.29, 0.717) is 17.3 Å². The number of amides is 1. The average Bonchev–Trinajstić information content (AvgIpc) is 3.20. The molecule has 0 saturated carbocycles. The third-order valence-electron chi connectivity index (χ3n) is 4.53. The lowest BCUT2D eigenvalue weighted by atomic mass is 10.2. The van der Waals surface area contributed by atoms with E-state index in [2.05, 4.69) is 20.3 Å². The zero-order valence-electron chi connectivity index (χ0n) is 15.2. The molecule has 1 amide bonds. The van der Waals surface area contributed by atoms with Crippen LogP contribution in [-0.4, -0.2) is 31.2 Å². The maximum absolute atomic E-state index is 12.6. The van der Waals surface area contributed by atoms with Gasteiger partial charge in [-0.25, -0.2) is 4.79 Å². The van der Waals surface area contributed by atoms with Crippen molar-refractivity contribution in [3.05, 3.63) is 76.4 Å². The SMILES string of the molecule is O=C(CSc1nc(=O)n(Cc2ccccn2)c2c1CCC2)Nc1cccnc1. The third-order valence-corrected chi connectivity index (χ3v) is 5.55. The molecule has 0 saturated heterocycles. The fourth-order valence-electron chi connectivity index (χ4n) is 3.29. The number of anilines is 1. The maximum atomic E-state index is 12.6. The minimum absolute atomic E-state index is 0.149. The van der Waals surface area contributed by atoms with Gasteiger partial charge in [0.25, 0.3) is 0 Å². The molecule has 142 valence electrons. The molecule has 1 aliphatic rings. The quantitative estimate of drug-likeness (QED) is 0.511. The van der Waals surface area contributed by atoms with E-state index >= 15 is 0 Å². The topological polar surface area (TPSA) is 89.8 Å². The summed E-state index contributed by atoms with van der Waals surface area (Å²) in [5.74, 6) is 0.0436. The van der Waals surface area contributed by atoms with E-state index < -0.39 is 0 Å². The Hall–Kier alpha value is -3.00. The van der Waals surface area contributed by atoms with E-state index in [1.165, 1.54) is 11.8 Å². The summed E-state index contributed by atoms with van der Waals surface area (Å²) >= 11 is 1.31. The Morgan fingerprint density at radius 2 is 2.11 bits per heavy atom. The third kappa shape index (κ3) is 4.12. The molecule has 0 bridgehead atoms. The van der Waals surface area contributed by atoms with Crippen LogP contribution in [0.1, 0.15) is 23.4 Å². The second kappa shape index (κ2) is 8.35. The summed E-state index contributed by atoms with van der Waals surface area (Å²) in [5.41, 5.74) is 3.28. The summed E-state index contributed by atoms with van der Waals surface area (Å²) < 4.78 is 1.71. The molecule has 0 fully saturated rings. The molecule has 0 aliphatic heterocycles. The number of thioether (sulfide) groups is 1. The van der Waals surface area contributed by atoms with Crippen molar-refractivity contribution in [3.63, 3.8) is 0 Å². The van der Waals surface area contributed by atoms with Crippen molar-refractivity contribution in [2.24, 2.45) is 0 Å². The van der Waals surface area contributed by atoms with Gasteiger partial charge in [-0.2, -0.15) is 4.98 Å². The van der Waals surface area contributed by atoms with Crippen molar-refractivity contribution in [1.29, 1.82) is 0 Å². The highest BCUT2D eigenvalue weighted by Gasteiger charge is 2.22. The van der Waals surface area contributed by atoms with Gasteiger partial charge >= 0.3 is 5.69 Å². The monoisotopic (exact) mass is 393 g/mol. The summed E-state index contributed by atoms with van der Waals surface area (Å²) in [6.07, 6.45) is 7.67. The maximum Gasteiger partial charge on any atom is 0.349 e. The highest BCUT2D eigenvalue weighted by molar-refractivity contribution is 8.00. The smallest absolute Gasteiger partial charge is 0.324 e. The van der Waals surface area contributed by atoms with E-state index in [1.807, 2.05) is 18.2 Å². The normalized spacial score (nSPS) is 12.6. The predicted octanol–water partition coefficient (Wildman–Crippen LogP) is 2.30. The van der Waals surface area contributed by atoms with Crippen molar-refractivity contribution in [3.8, 4) is 0 Å². The van der Waals surface area contributed by atoms with Crippen LogP contribution in [-0.2, 0) is 24.2 Å². The van der Waals surface area contributed by atoms with Gasteiger partial charge in [0, 0.05) is 23.7 Å². The number of nitrogens with one attached hydrogen (secondary N) is 1. The fourth-order valence-corrected chi connectivity index (χ4v) is 4.17. The average molecular weight is 393 g/mol. The number of pyridine rings is 2. The standard InChI is InChI=1S/C20H19N5O2S/c26-18(23-14-6-4-9-21-11-14)13-28-19-16-7-3-8-17(16)25(20(27)24-19)12-15-5-1-2-10-22-15/h1-2,4-6,9-11H,3,7-8,12-13H2,(H,23,26). The van der Waals surface area contributed by atoms with Gasteiger partial charge in [0.2, 0.25) is 5.91 Å². The Kier molecular flexibility index (Phi) is 5.48. The number of carbonyl (C=O) groups is 1. The number of hydrogen-bond donors (Lipinski definition) is 1. The second-order valence-electron chi connectivity index (χ2n) is 6.46. The molecule has 1 aliphatic carbocycles. The summed E-state index contributed by atoms with van der Waals surface area (Å²) in [7, 11) is 0. The van der Waals surface area contributed by atoms with Gasteiger partial charge in [-0.05, 0) is 43.5 Å². The molecule has 3 aromatic heterocycles. The lowest BCUT2D eigenvalue weighted by Crippen LogP contribution is -2.28. The summed E-state index contributed by atoms with van der Waals surface area (Å²) in [6, 6.07) is 9.21. The molecular weight excluding hydrogens is 374 g/mol. The zero-order chi connectivity index (χ0) is 19.3. The van der Waals surface area contributed by atoms with Crippen molar-refractivity contribution in [2.75, 3.05) is 11.1 Å². The van der Waals surface area contributed by atoms with Gasteiger partial charge in [0.15, 0.2) is 0 Å². The summed E-state index contributed by atoms with van der Waals surface area (Å²) in [5, 5.41) is 3.46. The molecule has 0 spiro atoms. The van der Waals surface area contributed by atoms with Gasteiger partial charge < -0.3 is 5.32 Å². The second-order valence-corrected chi connectivity index (χ2v) is 7.43. The van der Waals surface area contributed by atoms with E-state index in [-0.39, 0.29) is 17.3 Å². The molecule has 28 heavy (non-hydrogen) atoms. The first-order chi connectivity index (χ1) is 13.7. The first-order valence-electron chi connectivity index (χ1n) is 9.06. The Morgan fingerprint density at radius 1 is 1.18 bits per heavy atom. The Morgan fingerprint density at radius 3 is 2.89 bits per heavy atom. The van der Waals surface area contributed by atoms with Gasteiger partial charge in [0.05, 0.1) is 29.9 Å². The highest BCUT2D eigenvalue weighted by atomic mass is 32.2. The molecule has 0 radical (unpaired) electrons. The molecule has 8 heteroatoms. The molecule has 7 nitrogen and oxygen atoms in total. The number of aromatic nitrogens is 4. The number of rotatable bonds is 6.